The van der Waals surface area contributed by atoms with Crippen LogP contribution in [0.25, 0.3) is 0 Å². The topological polar surface area (TPSA) is 46.3 Å². The lowest BCUT2D eigenvalue weighted by atomic mass is 9.79. The van der Waals surface area contributed by atoms with E-state index in [0.29, 0.717) is 11.3 Å². The van der Waals surface area contributed by atoms with Gasteiger partial charge in [0.25, 0.3) is 0 Å². The molecule has 1 saturated heterocycles. The first-order valence-electron chi connectivity index (χ1n) is 7.59. The maximum absolute atomic E-state index is 12.1. The standard InChI is InChI=1S/C15H30N2O.ClH/c1-3-15(2)10-8-12-17(13-15)14(18)9-6-4-5-7-11-16;/h3-13,16H2,1-2H3;1H. The van der Waals surface area contributed by atoms with Crippen LogP contribution in [0.4, 0.5) is 0 Å². The molecule has 1 heterocycles. The molecule has 0 aromatic carbocycles. The van der Waals surface area contributed by atoms with Crippen LogP contribution in [0.3, 0.4) is 0 Å². The van der Waals surface area contributed by atoms with Crippen molar-refractivity contribution in [1.29, 1.82) is 0 Å². The normalized spacial score (nSPS) is 23.0. The van der Waals surface area contributed by atoms with Crippen molar-refractivity contribution in [2.45, 2.75) is 65.2 Å². The van der Waals surface area contributed by atoms with Crippen LogP contribution in [-0.4, -0.2) is 30.4 Å². The number of rotatable bonds is 7. The number of unbranched alkanes of at least 4 members (excludes halogenated alkanes) is 3. The van der Waals surface area contributed by atoms with E-state index in [2.05, 4.69) is 18.7 Å². The van der Waals surface area contributed by atoms with Crippen LogP contribution in [0.2, 0.25) is 0 Å². The zero-order valence-corrected chi connectivity index (χ0v) is 13.4. The minimum absolute atomic E-state index is 0. The van der Waals surface area contributed by atoms with E-state index >= 15 is 0 Å². The minimum atomic E-state index is 0. The molecule has 1 unspecified atom stereocenters. The van der Waals surface area contributed by atoms with Crippen molar-refractivity contribution < 1.29 is 4.79 Å². The summed E-state index contributed by atoms with van der Waals surface area (Å²) in [5.41, 5.74) is 5.81. The van der Waals surface area contributed by atoms with Gasteiger partial charge in [0, 0.05) is 19.5 Å². The van der Waals surface area contributed by atoms with Gasteiger partial charge in [-0.05, 0) is 44.1 Å². The summed E-state index contributed by atoms with van der Waals surface area (Å²) in [6, 6.07) is 0. The molecule has 1 aliphatic heterocycles. The Labute approximate surface area is 124 Å². The molecule has 2 N–H and O–H groups in total. The molecular formula is C15H31ClN2O. The Balaban J connectivity index is 0.00000324. The van der Waals surface area contributed by atoms with Gasteiger partial charge in [-0.2, -0.15) is 0 Å². The summed E-state index contributed by atoms with van der Waals surface area (Å²) in [5.74, 6) is 0.363. The lowest BCUT2D eigenvalue weighted by Crippen LogP contribution is -2.44. The summed E-state index contributed by atoms with van der Waals surface area (Å²) < 4.78 is 0. The van der Waals surface area contributed by atoms with Gasteiger partial charge in [0.05, 0.1) is 0 Å². The summed E-state index contributed by atoms with van der Waals surface area (Å²) in [6.45, 7) is 7.26. The first kappa shape index (κ1) is 18.7. The zero-order chi connectivity index (χ0) is 13.4. The highest BCUT2D eigenvalue weighted by atomic mass is 35.5. The number of carbonyl (C=O) groups is 1. The molecule has 1 fully saturated rings. The van der Waals surface area contributed by atoms with Gasteiger partial charge in [0.2, 0.25) is 5.91 Å². The van der Waals surface area contributed by atoms with Crippen LogP contribution in [0.1, 0.15) is 65.2 Å². The van der Waals surface area contributed by atoms with E-state index in [1.54, 1.807) is 0 Å². The van der Waals surface area contributed by atoms with Crippen molar-refractivity contribution in [2.24, 2.45) is 11.1 Å². The lowest BCUT2D eigenvalue weighted by molar-refractivity contribution is -0.134. The lowest BCUT2D eigenvalue weighted by Gasteiger charge is -2.40. The monoisotopic (exact) mass is 290 g/mol. The summed E-state index contributed by atoms with van der Waals surface area (Å²) in [5, 5.41) is 0. The molecule has 1 rings (SSSR count). The molecule has 1 atom stereocenters. The van der Waals surface area contributed by atoms with E-state index in [9.17, 15) is 4.79 Å². The highest BCUT2D eigenvalue weighted by molar-refractivity contribution is 5.85. The third-order valence-corrected chi connectivity index (χ3v) is 4.33. The number of halogens is 1. The predicted molar refractivity (Wildman–Crippen MR) is 83.6 cm³/mol. The molecule has 1 amide bonds. The molecule has 1 aliphatic rings. The van der Waals surface area contributed by atoms with Crippen molar-refractivity contribution in [3.8, 4) is 0 Å². The van der Waals surface area contributed by atoms with Gasteiger partial charge >= 0.3 is 0 Å². The smallest absolute Gasteiger partial charge is 0.222 e. The van der Waals surface area contributed by atoms with Crippen molar-refractivity contribution in [1.82, 2.24) is 4.90 Å². The first-order valence-corrected chi connectivity index (χ1v) is 7.59. The van der Waals surface area contributed by atoms with Crippen molar-refractivity contribution in [3.63, 3.8) is 0 Å². The maximum Gasteiger partial charge on any atom is 0.222 e. The second-order valence-electron chi connectivity index (χ2n) is 6.04. The van der Waals surface area contributed by atoms with E-state index < -0.39 is 0 Å². The summed E-state index contributed by atoms with van der Waals surface area (Å²) >= 11 is 0. The van der Waals surface area contributed by atoms with Crippen LogP contribution in [0.5, 0.6) is 0 Å². The second-order valence-corrected chi connectivity index (χ2v) is 6.04. The van der Waals surface area contributed by atoms with Crippen molar-refractivity contribution in [2.75, 3.05) is 19.6 Å². The van der Waals surface area contributed by atoms with E-state index in [1.807, 2.05) is 0 Å². The molecule has 3 nitrogen and oxygen atoms in total. The highest BCUT2D eigenvalue weighted by Gasteiger charge is 2.31. The third-order valence-electron chi connectivity index (χ3n) is 4.33. The Morgan fingerprint density at radius 1 is 1.26 bits per heavy atom. The summed E-state index contributed by atoms with van der Waals surface area (Å²) in [6.07, 6.45) is 8.76. The van der Waals surface area contributed by atoms with Crippen LogP contribution in [-0.2, 0) is 4.79 Å². The molecule has 0 saturated carbocycles. The second kappa shape index (κ2) is 9.60. The van der Waals surface area contributed by atoms with Gasteiger partial charge in [-0.1, -0.05) is 26.7 Å². The van der Waals surface area contributed by atoms with Gasteiger partial charge in [-0.3, -0.25) is 4.79 Å². The number of carbonyl (C=O) groups excluding carboxylic acids is 1. The van der Waals surface area contributed by atoms with E-state index in [4.69, 9.17) is 5.73 Å². The van der Waals surface area contributed by atoms with E-state index in [-0.39, 0.29) is 12.4 Å². The molecule has 0 aromatic rings. The fourth-order valence-corrected chi connectivity index (χ4v) is 2.75. The van der Waals surface area contributed by atoms with E-state index in [0.717, 1.165) is 51.7 Å². The number of piperidine rings is 1. The predicted octanol–water partition coefficient (Wildman–Crippen LogP) is 3.36. The fraction of sp³-hybridized carbons (Fsp3) is 0.933. The number of hydrogen-bond acceptors (Lipinski definition) is 2. The molecule has 4 heteroatoms. The Morgan fingerprint density at radius 2 is 1.95 bits per heavy atom. The Bertz CT molecular complexity index is 261. The fourth-order valence-electron chi connectivity index (χ4n) is 2.75. The minimum Gasteiger partial charge on any atom is -0.342 e. The first-order chi connectivity index (χ1) is 8.61. The van der Waals surface area contributed by atoms with Gasteiger partial charge in [-0.15, -0.1) is 12.4 Å². The molecule has 114 valence electrons. The van der Waals surface area contributed by atoms with Crippen molar-refractivity contribution >= 4 is 18.3 Å². The van der Waals surface area contributed by atoms with Gasteiger partial charge in [0.15, 0.2) is 0 Å². The Morgan fingerprint density at radius 3 is 2.58 bits per heavy atom. The third kappa shape index (κ3) is 6.62. The average molecular weight is 291 g/mol. The van der Waals surface area contributed by atoms with Crippen LogP contribution in [0.15, 0.2) is 0 Å². The Kier molecular flexibility index (Phi) is 9.46. The number of nitrogens with zero attached hydrogens (tertiary/aromatic N) is 1. The number of nitrogens with two attached hydrogens (primary N) is 1. The van der Waals surface area contributed by atoms with Crippen LogP contribution < -0.4 is 5.73 Å². The number of amides is 1. The molecule has 0 spiro atoms. The van der Waals surface area contributed by atoms with Crippen molar-refractivity contribution in [3.05, 3.63) is 0 Å². The van der Waals surface area contributed by atoms with Crippen LogP contribution in [0, 0.1) is 5.41 Å². The molecule has 0 aromatic heterocycles. The molecule has 19 heavy (non-hydrogen) atoms. The summed E-state index contributed by atoms with van der Waals surface area (Å²) in [7, 11) is 0. The molecule has 0 bridgehead atoms. The van der Waals surface area contributed by atoms with Gasteiger partial charge in [0.1, 0.15) is 0 Å². The average Bonchev–Trinajstić information content (AvgIpc) is 2.38. The zero-order valence-electron chi connectivity index (χ0n) is 12.6. The molecular weight excluding hydrogens is 260 g/mol. The van der Waals surface area contributed by atoms with Gasteiger partial charge < -0.3 is 10.6 Å². The SMILES string of the molecule is CCC1(C)CCCN(C(=O)CCCCCCN)C1.Cl. The van der Waals surface area contributed by atoms with Crippen LogP contribution >= 0.6 is 12.4 Å². The molecule has 0 radical (unpaired) electrons. The van der Waals surface area contributed by atoms with Gasteiger partial charge in [-0.25, -0.2) is 0 Å². The Hall–Kier alpha value is -0.280. The summed E-state index contributed by atoms with van der Waals surface area (Å²) in [4.78, 5) is 14.2. The number of hydrogen-bond donors (Lipinski definition) is 1. The van der Waals surface area contributed by atoms with E-state index in [1.165, 1.54) is 19.3 Å². The maximum atomic E-state index is 12.1. The molecule has 0 aliphatic carbocycles. The number of likely N-dealkylation sites (tertiary alicyclic amines) is 1. The highest BCUT2D eigenvalue weighted by Crippen LogP contribution is 2.32. The largest absolute Gasteiger partial charge is 0.342 e. The quantitative estimate of drug-likeness (QED) is 0.731.